The minimum Gasteiger partial charge on any atom is -0.458 e. The molecule has 1 amide bonds. The quantitative estimate of drug-likeness (QED) is 0.740. The average molecular weight is 287 g/mol. The molecule has 0 radical (unpaired) electrons. The number of nitrogens with zero attached hydrogens (tertiary/aromatic N) is 1. The Morgan fingerprint density at radius 2 is 2.00 bits per heavy atom. The molecule has 0 aromatic heterocycles. The molecule has 1 rings (SSSR count). The van der Waals surface area contributed by atoms with E-state index in [2.05, 4.69) is 0 Å². The second-order valence-corrected chi connectivity index (χ2v) is 5.87. The fraction of sp³-hybridized carbons (Fsp3) is 0.857. The molecule has 1 fully saturated rings. The second-order valence-electron chi connectivity index (χ2n) is 5.87. The maximum Gasteiger partial charge on any atom is 0.409 e. The summed E-state index contributed by atoms with van der Waals surface area (Å²) >= 11 is 0. The number of esters is 1. The lowest BCUT2D eigenvalue weighted by atomic mass is 10.2. The molecule has 6 heteroatoms. The Morgan fingerprint density at radius 3 is 2.55 bits per heavy atom. The molecule has 0 spiro atoms. The fourth-order valence-electron chi connectivity index (χ4n) is 1.95. The van der Waals surface area contributed by atoms with Gasteiger partial charge in [0.05, 0.1) is 19.3 Å². The first-order valence-electron chi connectivity index (χ1n) is 7.03. The Bertz CT molecular complexity index is 350. The van der Waals surface area contributed by atoms with Gasteiger partial charge in [-0.1, -0.05) is 0 Å². The van der Waals surface area contributed by atoms with E-state index in [0.717, 1.165) is 0 Å². The molecule has 1 heterocycles. The van der Waals surface area contributed by atoms with E-state index in [-0.39, 0.29) is 18.2 Å². The molecular formula is C14H25NO5. The summed E-state index contributed by atoms with van der Waals surface area (Å²) in [7, 11) is 0. The van der Waals surface area contributed by atoms with Crippen molar-refractivity contribution in [1.29, 1.82) is 0 Å². The number of hydrogen-bond acceptors (Lipinski definition) is 5. The smallest absolute Gasteiger partial charge is 0.409 e. The first kappa shape index (κ1) is 16.8. The molecule has 0 aliphatic carbocycles. The number of carbonyl (C=O) groups excluding carboxylic acids is 2. The highest BCUT2D eigenvalue weighted by Gasteiger charge is 2.31. The lowest BCUT2D eigenvalue weighted by Crippen LogP contribution is -2.36. The maximum atomic E-state index is 11.8. The van der Waals surface area contributed by atoms with Gasteiger partial charge in [0.2, 0.25) is 0 Å². The van der Waals surface area contributed by atoms with Gasteiger partial charge >= 0.3 is 12.1 Å². The van der Waals surface area contributed by atoms with Crippen molar-refractivity contribution in [3.8, 4) is 0 Å². The highest BCUT2D eigenvalue weighted by Crippen LogP contribution is 2.17. The predicted molar refractivity (Wildman–Crippen MR) is 73.4 cm³/mol. The number of hydrogen-bond donors (Lipinski definition) is 0. The van der Waals surface area contributed by atoms with Crippen molar-refractivity contribution >= 4 is 12.1 Å². The number of ether oxygens (including phenoxy) is 3. The lowest BCUT2D eigenvalue weighted by molar-refractivity contribution is -0.170. The summed E-state index contributed by atoms with van der Waals surface area (Å²) < 4.78 is 15.8. The van der Waals surface area contributed by atoms with Crippen molar-refractivity contribution in [3.05, 3.63) is 0 Å². The zero-order valence-electron chi connectivity index (χ0n) is 13.0. The van der Waals surface area contributed by atoms with Crippen LogP contribution < -0.4 is 0 Å². The van der Waals surface area contributed by atoms with Crippen LogP contribution >= 0.6 is 0 Å². The van der Waals surface area contributed by atoms with E-state index < -0.39 is 11.7 Å². The van der Waals surface area contributed by atoms with Gasteiger partial charge in [-0.3, -0.25) is 0 Å². The average Bonchev–Trinajstić information content (AvgIpc) is 2.75. The molecule has 2 atom stereocenters. The van der Waals surface area contributed by atoms with Gasteiger partial charge in [-0.25, -0.2) is 9.59 Å². The second kappa shape index (κ2) is 6.92. The van der Waals surface area contributed by atoms with Gasteiger partial charge in [-0.05, 0) is 41.0 Å². The topological polar surface area (TPSA) is 65.1 Å². The normalized spacial score (nSPS) is 20.6. The summed E-state index contributed by atoms with van der Waals surface area (Å²) in [4.78, 5) is 25.0. The van der Waals surface area contributed by atoms with Gasteiger partial charge in [0.1, 0.15) is 5.60 Å². The molecule has 20 heavy (non-hydrogen) atoms. The number of amides is 1. The maximum absolute atomic E-state index is 11.8. The number of carbonyl (C=O) groups is 2. The fourth-order valence-corrected chi connectivity index (χ4v) is 1.95. The van der Waals surface area contributed by atoms with Gasteiger partial charge in [-0.2, -0.15) is 0 Å². The standard InChI is InChI=1S/C14H25NO5/c1-6-18-13(17)15-8-7-11(9-15)19-10(2)12(16)20-14(3,4)5/h10-11H,6-9H2,1-5H3/t10?,11-/m0/s1. The third-order valence-electron chi connectivity index (χ3n) is 2.81. The molecule has 1 unspecified atom stereocenters. The van der Waals surface area contributed by atoms with Crippen LogP contribution in [-0.2, 0) is 19.0 Å². The van der Waals surface area contributed by atoms with Crippen LogP contribution in [0.4, 0.5) is 4.79 Å². The van der Waals surface area contributed by atoms with Crippen LogP contribution in [0.2, 0.25) is 0 Å². The minimum atomic E-state index is -0.638. The van der Waals surface area contributed by atoms with Gasteiger partial charge < -0.3 is 19.1 Å². The Balaban J connectivity index is 2.39. The van der Waals surface area contributed by atoms with E-state index in [1.54, 1.807) is 18.7 Å². The Labute approximate surface area is 120 Å². The molecule has 0 N–H and O–H groups in total. The first-order valence-corrected chi connectivity index (χ1v) is 7.03. The molecule has 1 aliphatic heterocycles. The minimum absolute atomic E-state index is 0.151. The summed E-state index contributed by atoms with van der Waals surface area (Å²) in [6.07, 6.45) is -0.418. The van der Waals surface area contributed by atoms with Crippen molar-refractivity contribution in [2.45, 2.75) is 58.8 Å². The third-order valence-corrected chi connectivity index (χ3v) is 2.81. The summed E-state index contributed by atoms with van der Waals surface area (Å²) in [6.45, 7) is 10.3. The zero-order chi connectivity index (χ0) is 15.3. The first-order chi connectivity index (χ1) is 9.23. The van der Waals surface area contributed by atoms with Crippen molar-refractivity contribution in [3.63, 3.8) is 0 Å². The van der Waals surface area contributed by atoms with Crippen LogP contribution in [-0.4, -0.2) is 54.5 Å². The van der Waals surface area contributed by atoms with E-state index >= 15 is 0 Å². The Morgan fingerprint density at radius 1 is 1.35 bits per heavy atom. The summed E-state index contributed by atoms with van der Waals surface area (Å²) in [5.41, 5.74) is -0.526. The molecular weight excluding hydrogens is 262 g/mol. The van der Waals surface area contributed by atoms with E-state index in [0.29, 0.717) is 26.1 Å². The molecule has 0 aromatic carbocycles. The van der Waals surface area contributed by atoms with Gasteiger partial charge in [0.15, 0.2) is 6.10 Å². The van der Waals surface area contributed by atoms with Crippen LogP contribution in [0, 0.1) is 0 Å². The summed E-state index contributed by atoms with van der Waals surface area (Å²) in [6, 6.07) is 0. The van der Waals surface area contributed by atoms with Crippen LogP contribution in [0.25, 0.3) is 0 Å². The molecule has 1 aliphatic rings. The molecule has 0 aromatic rings. The van der Waals surface area contributed by atoms with Crippen molar-refractivity contribution in [2.75, 3.05) is 19.7 Å². The molecule has 0 bridgehead atoms. The largest absolute Gasteiger partial charge is 0.458 e. The molecule has 0 saturated carbocycles. The summed E-state index contributed by atoms with van der Waals surface area (Å²) in [5, 5.41) is 0. The van der Waals surface area contributed by atoms with E-state index in [4.69, 9.17) is 14.2 Å². The van der Waals surface area contributed by atoms with Gasteiger partial charge in [0.25, 0.3) is 0 Å². The molecule has 1 saturated heterocycles. The summed E-state index contributed by atoms with van der Waals surface area (Å²) in [5.74, 6) is -0.382. The highest BCUT2D eigenvalue weighted by atomic mass is 16.6. The Kier molecular flexibility index (Phi) is 5.80. The zero-order valence-corrected chi connectivity index (χ0v) is 13.0. The predicted octanol–water partition coefficient (Wildman–Crippen LogP) is 1.96. The van der Waals surface area contributed by atoms with Crippen LogP contribution in [0.5, 0.6) is 0 Å². The van der Waals surface area contributed by atoms with Crippen molar-refractivity contribution in [1.82, 2.24) is 4.90 Å². The SMILES string of the molecule is CCOC(=O)N1CC[C@H](OC(C)C(=O)OC(C)(C)C)C1. The number of rotatable bonds is 4. The van der Waals surface area contributed by atoms with Gasteiger partial charge in [0, 0.05) is 6.54 Å². The van der Waals surface area contributed by atoms with Crippen molar-refractivity contribution < 1.29 is 23.8 Å². The van der Waals surface area contributed by atoms with E-state index in [1.165, 1.54) is 0 Å². The van der Waals surface area contributed by atoms with E-state index in [1.807, 2.05) is 20.8 Å². The molecule has 6 nitrogen and oxygen atoms in total. The van der Waals surface area contributed by atoms with Crippen LogP contribution in [0.3, 0.4) is 0 Å². The van der Waals surface area contributed by atoms with Gasteiger partial charge in [-0.15, -0.1) is 0 Å². The third kappa shape index (κ3) is 5.36. The molecule has 116 valence electrons. The van der Waals surface area contributed by atoms with E-state index in [9.17, 15) is 9.59 Å². The van der Waals surface area contributed by atoms with Crippen LogP contribution in [0.15, 0.2) is 0 Å². The highest BCUT2D eigenvalue weighted by molar-refractivity contribution is 5.74. The van der Waals surface area contributed by atoms with Crippen molar-refractivity contribution in [2.24, 2.45) is 0 Å². The van der Waals surface area contributed by atoms with Crippen LogP contribution in [0.1, 0.15) is 41.0 Å². The lowest BCUT2D eigenvalue weighted by Gasteiger charge is -2.24. The Hall–Kier alpha value is -1.30. The monoisotopic (exact) mass is 287 g/mol. The number of likely N-dealkylation sites (tertiary alicyclic amines) is 1.